The van der Waals surface area contributed by atoms with Gasteiger partial charge >= 0.3 is 0 Å². The molecule has 1 nitrogen and oxygen atoms in total. The van der Waals surface area contributed by atoms with Gasteiger partial charge in [0.1, 0.15) is 5.75 Å². The zero-order chi connectivity index (χ0) is 20.1. The third-order valence-electron chi connectivity index (χ3n) is 7.55. The number of rotatable bonds is 4. The van der Waals surface area contributed by atoms with Crippen molar-refractivity contribution in [3.63, 3.8) is 0 Å². The summed E-state index contributed by atoms with van der Waals surface area (Å²) in [6.07, 6.45) is 6.94. The lowest BCUT2D eigenvalue weighted by Gasteiger charge is -2.44. The molecular weight excluding hydrogens is 348 g/mol. The van der Waals surface area contributed by atoms with Crippen molar-refractivity contribution in [2.75, 3.05) is 7.11 Å². The number of allylic oxidation sites excluding steroid dienone is 4. The summed E-state index contributed by atoms with van der Waals surface area (Å²) < 4.78 is 6.17. The number of aryl methyl sites for hydroxylation is 1. The first-order chi connectivity index (χ1) is 11.7. The standard InChI is InChI=1S/C23H38OSi2/c1-17-15-19(25(8,9)22(3,4)5)21(24-7)20(16-17)26(10,11)23(6)14-12-13-18(23)2/h12-16H,1-11H3. The van der Waals surface area contributed by atoms with Gasteiger partial charge in [-0.1, -0.05) is 95.4 Å². The van der Waals surface area contributed by atoms with Gasteiger partial charge in [0.25, 0.3) is 0 Å². The van der Waals surface area contributed by atoms with E-state index in [1.807, 2.05) is 7.11 Å². The molecule has 0 saturated heterocycles. The Bertz CT molecular complexity index is 763. The molecule has 1 aromatic carbocycles. The Labute approximate surface area is 163 Å². The van der Waals surface area contributed by atoms with Crippen molar-refractivity contribution in [1.29, 1.82) is 0 Å². The maximum atomic E-state index is 6.17. The fourth-order valence-corrected chi connectivity index (χ4v) is 9.86. The smallest absolute Gasteiger partial charge is 0.117 e. The van der Waals surface area contributed by atoms with Crippen molar-refractivity contribution in [2.45, 2.75) is 77.8 Å². The minimum absolute atomic E-state index is 0.138. The van der Waals surface area contributed by atoms with Crippen LogP contribution in [0.5, 0.6) is 5.75 Å². The van der Waals surface area contributed by atoms with E-state index in [-0.39, 0.29) is 10.1 Å². The molecule has 0 fully saturated rings. The van der Waals surface area contributed by atoms with Crippen LogP contribution in [0.25, 0.3) is 0 Å². The molecule has 26 heavy (non-hydrogen) atoms. The minimum atomic E-state index is -1.86. The molecule has 3 heteroatoms. The van der Waals surface area contributed by atoms with Gasteiger partial charge in [-0.05, 0) is 29.3 Å². The predicted molar refractivity (Wildman–Crippen MR) is 123 cm³/mol. The fraction of sp³-hybridized carbons (Fsp3) is 0.565. The van der Waals surface area contributed by atoms with E-state index in [4.69, 9.17) is 4.74 Å². The van der Waals surface area contributed by atoms with Crippen LogP contribution >= 0.6 is 0 Å². The lowest BCUT2D eigenvalue weighted by Crippen LogP contribution is -2.56. The van der Waals surface area contributed by atoms with Gasteiger partial charge in [0.05, 0.1) is 23.3 Å². The van der Waals surface area contributed by atoms with Gasteiger partial charge in [0.15, 0.2) is 0 Å². The normalized spacial score (nSPS) is 21.1. The van der Waals surface area contributed by atoms with Crippen LogP contribution in [0.1, 0.15) is 40.2 Å². The second-order valence-corrected chi connectivity index (χ2v) is 20.4. The predicted octanol–water partition coefficient (Wildman–Crippen LogP) is 5.91. The van der Waals surface area contributed by atoms with E-state index >= 15 is 0 Å². The summed E-state index contributed by atoms with van der Waals surface area (Å²) in [6, 6.07) is 4.81. The summed E-state index contributed by atoms with van der Waals surface area (Å²) in [7, 11) is -1.70. The number of hydrogen-bond donors (Lipinski definition) is 0. The SMILES string of the molecule is COc1c([Si](C)(C)C(C)(C)C)cc(C)cc1[Si](C)(C)C1(C)C=CC=C1C. The van der Waals surface area contributed by atoms with Gasteiger partial charge in [0.2, 0.25) is 0 Å². The van der Waals surface area contributed by atoms with Crippen molar-refractivity contribution in [3.8, 4) is 5.75 Å². The molecule has 0 heterocycles. The van der Waals surface area contributed by atoms with Crippen LogP contribution in [-0.2, 0) is 0 Å². The van der Waals surface area contributed by atoms with Gasteiger partial charge in [-0.2, -0.15) is 0 Å². The highest BCUT2D eigenvalue weighted by Crippen LogP contribution is 2.49. The van der Waals surface area contributed by atoms with Crippen molar-refractivity contribution in [3.05, 3.63) is 41.5 Å². The molecule has 0 aliphatic heterocycles. The van der Waals surface area contributed by atoms with E-state index < -0.39 is 16.1 Å². The minimum Gasteiger partial charge on any atom is -0.497 e. The molecule has 0 bridgehead atoms. The summed E-state index contributed by atoms with van der Waals surface area (Å²) in [6.45, 7) is 24.1. The second-order valence-electron chi connectivity index (χ2n) is 10.3. The Hall–Kier alpha value is -1.07. The Balaban J connectivity index is 2.80. The topological polar surface area (TPSA) is 9.23 Å². The first-order valence-electron chi connectivity index (χ1n) is 9.76. The summed E-state index contributed by atoms with van der Waals surface area (Å²) in [4.78, 5) is 0. The first kappa shape index (κ1) is 21.2. The molecule has 1 aliphatic rings. The van der Waals surface area contributed by atoms with Crippen LogP contribution in [0, 0.1) is 6.92 Å². The van der Waals surface area contributed by atoms with E-state index in [0.717, 1.165) is 0 Å². The monoisotopic (exact) mass is 386 g/mol. The molecule has 1 aromatic rings. The van der Waals surface area contributed by atoms with Gasteiger partial charge in [0, 0.05) is 5.04 Å². The maximum absolute atomic E-state index is 6.17. The third-order valence-corrected chi connectivity index (χ3v) is 17.9. The summed E-state index contributed by atoms with van der Waals surface area (Å²) in [5, 5.41) is 3.37. The van der Waals surface area contributed by atoms with Gasteiger partial charge in [-0.25, -0.2) is 0 Å². The number of ether oxygens (including phenoxy) is 1. The number of methoxy groups -OCH3 is 1. The molecule has 0 saturated carbocycles. The lowest BCUT2D eigenvalue weighted by atomic mass is 10.1. The van der Waals surface area contributed by atoms with E-state index in [2.05, 4.69) is 98.1 Å². The molecule has 0 N–H and O–H groups in total. The highest BCUT2D eigenvalue weighted by molar-refractivity contribution is 6.96. The van der Waals surface area contributed by atoms with Crippen LogP contribution in [0.4, 0.5) is 0 Å². The molecule has 1 aliphatic carbocycles. The third kappa shape index (κ3) is 3.07. The summed E-state index contributed by atoms with van der Waals surface area (Å²) >= 11 is 0. The largest absolute Gasteiger partial charge is 0.497 e. The van der Waals surface area contributed by atoms with Crippen molar-refractivity contribution >= 4 is 26.5 Å². The Kier molecular flexibility index (Phi) is 5.33. The van der Waals surface area contributed by atoms with Gasteiger partial charge < -0.3 is 4.74 Å². The zero-order valence-corrected chi connectivity index (χ0v) is 20.8. The molecular formula is C23H38OSi2. The lowest BCUT2D eigenvalue weighted by molar-refractivity contribution is 0.420. The van der Waals surface area contributed by atoms with Crippen LogP contribution in [-0.4, -0.2) is 23.3 Å². The Morgan fingerprint density at radius 1 is 0.962 bits per heavy atom. The molecule has 0 radical (unpaired) electrons. The average Bonchev–Trinajstić information content (AvgIpc) is 2.86. The maximum Gasteiger partial charge on any atom is 0.117 e. The molecule has 2 rings (SSSR count). The van der Waals surface area contributed by atoms with Gasteiger partial charge in [-0.3, -0.25) is 0 Å². The average molecular weight is 387 g/mol. The zero-order valence-electron chi connectivity index (χ0n) is 18.8. The number of hydrogen-bond acceptors (Lipinski definition) is 1. The van der Waals surface area contributed by atoms with E-state index in [1.54, 1.807) is 0 Å². The molecule has 0 spiro atoms. The van der Waals surface area contributed by atoms with E-state index in [1.165, 1.54) is 27.3 Å². The molecule has 1 atom stereocenters. The van der Waals surface area contributed by atoms with Crippen LogP contribution in [0.2, 0.25) is 36.3 Å². The summed E-state index contributed by atoms with van der Waals surface area (Å²) in [5.41, 5.74) is 2.85. The fourth-order valence-electron chi connectivity index (χ4n) is 4.00. The molecule has 144 valence electrons. The van der Waals surface area contributed by atoms with Gasteiger partial charge in [-0.15, -0.1) is 0 Å². The molecule has 0 aromatic heterocycles. The quantitative estimate of drug-likeness (QED) is 0.584. The van der Waals surface area contributed by atoms with Crippen molar-refractivity contribution in [1.82, 2.24) is 0 Å². The highest BCUT2D eigenvalue weighted by atomic mass is 28.3. The Morgan fingerprint density at radius 3 is 1.92 bits per heavy atom. The van der Waals surface area contributed by atoms with Crippen molar-refractivity contribution < 1.29 is 4.74 Å². The number of benzene rings is 1. The molecule has 1 unspecified atom stereocenters. The second kappa shape index (κ2) is 6.52. The van der Waals surface area contributed by atoms with E-state index in [0.29, 0.717) is 0 Å². The van der Waals surface area contributed by atoms with Crippen LogP contribution in [0.15, 0.2) is 35.9 Å². The Morgan fingerprint density at radius 2 is 1.50 bits per heavy atom. The molecule has 0 amide bonds. The van der Waals surface area contributed by atoms with Crippen LogP contribution in [0.3, 0.4) is 0 Å². The van der Waals surface area contributed by atoms with Crippen LogP contribution < -0.4 is 15.1 Å². The van der Waals surface area contributed by atoms with E-state index in [9.17, 15) is 0 Å². The first-order valence-corrected chi connectivity index (χ1v) is 15.8. The van der Waals surface area contributed by atoms with Crippen molar-refractivity contribution in [2.24, 2.45) is 0 Å². The highest BCUT2D eigenvalue weighted by Gasteiger charge is 2.48. The summed E-state index contributed by atoms with van der Waals surface area (Å²) in [5.74, 6) is 1.17.